The molecule has 1 saturated heterocycles. The quantitative estimate of drug-likeness (QED) is 0.754. The van der Waals surface area contributed by atoms with Gasteiger partial charge in [0.1, 0.15) is 5.75 Å². The third kappa shape index (κ3) is 1.95. The Morgan fingerprint density at radius 1 is 1.44 bits per heavy atom. The molecule has 3 atom stereocenters. The minimum absolute atomic E-state index is 0.736. The summed E-state index contributed by atoms with van der Waals surface area (Å²) in [6.45, 7) is 7.37. The van der Waals surface area contributed by atoms with Crippen molar-refractivity contribution in [2.24, 2.45) is 11.8 Å². The van der Waals surface area contributed by atoms with Crippen LogP contribution in [-0.4, -0.2) is 31.6 Å². The minimum Gasteiger partial charge on any atom is -0.497 e. The third-order valence-corrected chi connectivity index (χ3v) is 4.55. The van der Waals surface area contributed by atoms with Crippen molar-refractivity contribution in [3.8, 4) is 5.75 Å². The molecule has 18 heavy (non-hydrogen) atoms. The van der Waals surface area contributed by atoms with Gasteiger partial charge in [0.15, 0.2) is 0 Å². The summed E-state index contributed by atoms with van der Waals surface area (Å²) >= 11 is 0. The zero-order chi connectivity index (χ0) is 12.5. The summed E-state index contributed by atoms with van der Waals surface area (Å²) in [5.41, 5.74) is 1.45. The second-order valence-corrected chi connectivity index (χ2v) is 5.55. The molecule has 0 aromatic heterocycles. The molecule has 1 heterocycles. The van der Waals surface area contributed by atoms with E-state index in [0.717, 1.165) is 30.0 Å². The summed E-state index contributed by atoms with van der Waals surface area (Å²) in [4.78, 5) is 2.53. The first kappa shape index (κ1) is 11.8. The van der Waals surface area contributed by atoms with Crippen LogP contribution in [0.4, 0.5) is 0 Å². The van der Waals surface area contributed by atoms with Gasteiger partial charge in [-0.2, -0.15) is 0 Å². The lowest BCUT2D eigenvalue weighted by atomic mass is 9.64. The molecule has 0 radical (unpaired) electrons. The van der Waals surface area contributed by atoms with E-state index in [1.165, 1.54) is 25.1 Å². The van der Waals surface area contributed by atoms with Gasteiger partial charge in [-0.25, -0.2) is 0 Å². The highest BCUT2D eigenvalue weighted by Gasteiger charge is 2.46. The molecule has 2 fully saturated rings. The Hall–Kier alpha value is -1.28. The van der Waals surface area contributed by atoms with Crippen LogP contribution in [0.3, 0.4) is 0 Å². The lowest BCUT2D eigenvalue weighted by Gasteiger charge is -2.40. The Morgan fingerprint density at radius 2 is 2.33 bits per heavy atom. The van der Waals surface area contributed by atoms with E-state index in [1.807, 2.05) is 12.1 Å². The Labute approximate surface area is 109 Å². The summed E-state index contributed by atoms with van der Waals surface area (Å²) in [7, 11) is 1.74. The molecule has 1 aromatic rings. The van der Waals surface area contributed by atoms with Gasteiger partial charge in [-0.15, -0.1) is 6.58 Å². The second-order valence-electron chi connectivity index (χ2n) is 5.55. The molecule has 1 saturated carbocycles. The van der Waals surface area contributed by atoms with E-state index in [4.69, 9.17) is 4.74 Å². The van der Waals surface area contributed by atoms with Crippen molar-refractivity contribution in [1.82, 2.24) is 4.90 Å². The molecule has 3 unspecified atom stereocenters. The highest BCUT2D eigenvalue weighted by atomic mass is 16.5. The van der Waals surface area contributed by atoms with Crippen molar-refractivity contribution in [1.29, 1.82) is 0 Å². The molecule has 2 nitrogen and oxygen atoms in total. The molecular weight excluding hydrogens is 222 g/mol. The summed E-state index contributed by atoms with van der Waals surface area (Å²) in [6, 6.07) is 8.59. The molecule has 1 aliphatic carbocycles. The van der Waals surface area contributed by atoms with Crippen LogP contribution >= 0.6 is 0 Å². The normalized spacial score (nSPS) is 30.6. The highest BCUT2D eigenvalue weighted by molar-refractivity contribution is 5.33. The first-order valence-electron chi connectivity index (χ1n) is 6.79. The van der Waals surface area contributed by atoms with Gasteiger partial charge in [0.2, 0.25) is 0 Å². The first-order chi connectivity index (χ1) is 8.81. The molecule has 0 N–H and O–H groups in total. The number of hydrogen-bond acceptors (Lipinski definition) is 2. The van der Waals surface area contributed by atoms with Gasteiger partial charge < -0.3 is 4.74 Å². The van der Waals surface area contributed by atoms with Gasteiger partial charge >= 0.3 is 0 Å². The Balaban J connectivity index is 1.70. The number of ether oxygens (including phenoxy) is 1. The Morgan fingerprint density at radius 3 is 3.11 bits per heavy atom. The fourth-order valence-corrected chi connectivity index (χ4v) is 3.59. The molecular formula is C16H21NO. The lowest BCUT2D eigenvalue weighted by molar-refractivity contribution is 0.190. The number of benzene rings is 1. The van der Waals surface area contributed by atoms with E-state index < -0.39 is 0 Å². The second kappa shape index (κ2) is 4.77. The van der Waals surface area contributed by atoms with Gasteiger partial charge in [-0.05, 0) is 41.9 Å². The van der Waals surface area contributed by atoms with Gasteiger partial charge in [-0.1, -0.05) is 18.2 Å². The van der Waals surface area contributed by atoms with Crippen LogP contribution in [0.5, 0.6) is 5.75 Å². The number of methoxy groups -OCH3 is 1. The average molecular weight is 243 g/mol. The maximum absolute atomic E-state index is 5.32. The van der Waals surface area contributed by atoms with Crippen LogP contribution in [0.15, 0.2) is 36.9 Å². The SMILES string of the molecule is C=CCN1CC2CC(c3cccc(OC)c3)C2C1. The van der Waals surface area contributed by atoms with Crippen LogP contribution < -0.4 is 4.74 Å². The van der Waals surface area contributed by atoms with E-state index in [0.29, 0.717) is 0 Å². The van der Waals surface area contributed by atoms with Crippen molar-refractivity contribution < 1.29 is 4.74 Å². The highest BCUT2D eigenvalue weighted by Crippen LogP contribution is 2.51. The number of nitrogens with zero attached hydrogens (tertiary/aromatic N) is 1. The minimum atomic E-state index is 0.736. The zero-order valence-electron chi connectivity index (χ0n) is 11.0. The van der Waals surface area contributed by atoms with Crippen molar-refractivity contribution >= 4 is 0 Å². The van der Waals surface area contributed by atoms with Gasteiger partial charge in [0.25, 0.3) is 0 Å². The van der Waals surface area contributed by atoms with Crippen LogP contribution in [0.25, 0.3) is 0 Å². The van der Waals surface area contributed by atoms with Gasteiger partial charge in [0, 0.05) is 19.6 Å². The average Bonchev–Trinajstić information content (AvgIpc) is 2.68. The fraction of sp³-hybridized carbons (Fsp3) is 0.500. The van der Waals surface area contributed by atoms with Crippen molar-refractivity contribution in [3.63, 3.8) is 0 Å². The van der Waals surface area contributed by atoms with E-state index in [1.54, 1.807) is 7.11 Å². The topological polar surface area (TPSA) is 12.5 Å². The van der Waals surface area contributed by atoms with Crippen LogP contribution in [0.2, 0.25) is 0 Å². The molecule has 2 heteroatoms. The number of hydrogen-bond donors (Lipinski definition) is 0. The smallest absolute Gasteiger partial charge is 0.119 e. The van der Waals surface area contributed by atoms with Crippen LogP contribution in [0.1, 0.15) is 17.9 Å². The summed E-state index contributed by atoms with van der Waals surface area (Å²) in [6.07, 6.45) is 3.36. The lowest BCUT2D eigenvalue weighted by Crippen LogP contribution is -2.33. The standard InChI is InChI=1S/C16H21NO/c1-3-7-17-10-13-9-15(16(13)11-17)12-5-4-6-14(8-12)18-2/h3-6,8,13,15-16H,1,7,9-11H2,2H3. The first-order valence-corrected chi connectivity index (χ1v) is 6.79. The van der Waals surface area contributed by atoms with Gasteiger partial charge in [0.05, 0.1) is 7.11 Å². The Bertz CT molecular complexity index is 442. The molecule has 0 spiro atoms. The van der Waals surface area contributed by atoms with Crippen molar-refractivity contribution in [2.45, 2.75) is 12.3 Å². The van der Waals surface area contributed by atoms with Crippen molar-refractivity contribution in [3.05, 3.63) is 42.5 Å². The van der Waals surface area contributed by atoms with Crippen molar-refractivity contribution in [2.75, 3.05) is 26.7 Å². The Kier molecular flexibility index (Phi) is 3.13. The van der Waals surface area contributed by atoms with E-state index in [-0.39, 0.29) is 0 Å². The third-order valence-electron chi connectivity index (χ3n) is 4.55. The van der Waals surface area contributed by atoms with Crippen LogP contribution in [0, 0.1) is 11.8 Å². The molecule has 0 bridgehead atoms. The monoisotopic (exact) mass is 243 g/mol. The zero-order valence-corrected chi connectivity index (χ0v) is 11.0. The largest absolute Gasteiger partial charge is 0.497 e. The molecule has 1 aliphatic heterocycles. The summed E-state index contributed by atoms with van der Waals surface area (Å²) in [5, 5.41) is 0. The molecule has 0 amide bonds. The maximum Gasteiger partial charge on any atom is 0.119 e. The number of rotatable bonds is 4. The fourth-order valence-electron chi connectivity index (χ4n) is 3.59. The molecule has 2 aliphatic rings. The molecule has 3 rings (SSSR count). The number of fused-ring (bicyclic) bond motifs is 1. The summed E-state index contributed by atoms with van der Waals surface area (Å²) in [5.74, 6) is 3.47. The predicted molar refractivity (Wildman–Crippen MR) is 74.0 cm³/mol. The predicted octanol–water partition coefficient (Wildman–Crippen LogP) is 2.92. The van der Waals surface area contributed by atoms with E-state index >= 15 is 0 Å². The van der Waals surface area contributed by atoms with E-state index in [9.17, 15) is 0 Å². The summed E-state index contributed by atoms with van der Waals surface area (Å²) < 4.78 is 5.32. The van der Waals surface area contributed by atoms with E-state index in [2.05, 4.69) is 29.7 Å². The molecule has 96 valence electrons. The maximum atomic E-state index is 5.32. The van der Waals surface area contributed by atoms with Gasteiger partial charge in [-0.3, -0.25) is 4.90 Å². The van der Waals surface area contributed by atoms with Crippen LogP contribution in [-0.2, 0) is 0 Å². The number of likely N-dealkylation sites (tertiary alicyclic amines) is 1. The molecule has 1 aromatic carbocycles.